The van der Waals surface area contributed by atoms with Gasteiger partial charge in [0.05, 0.1) is 0 Å². The van der Waals surface area contributed by atoms with Gasteiger partial charge < -0.3 is 5.73 Å². The summed E-state index contributed by atoms with van der Waals surface area (Å²) in [5, 5.41) is 0. The molecular weight excluding hydrogens is 170 g/mol. The molecule has 4 unspecified atom stereocenters. The third-order valence-electron chi connectivity index (χ3n) is 4.71. The van der Waals surface area contributed by atoms with Crippen molar-refractivity contribution >= 4 is 0 Å². The summed E-state index contributed by atoms with van der Waals surface area (Å²) in [7, 11) is 0. The lowest BCUT2D eigenvalue weighted by molar-refractivity contribution is 0.0375. The van der Waals surface area contributed by atoms with E-state index in [2.05, 4.69) is 6.58 Å². The molecule has 4 saturated carbocycles. The van der Waals surface area contributed by atoms with E-state index in [1.165, 1.54) is 32.1 Å². The van der Waals surface area contributed by atoms with Gasteiger partial charge in [0.15, 0.2) is 0 Å². The zero-order valence-electron chi connectivity index (χ0n) is 8.78. The molecule has 1 nitrogen and oxygen atoms in total. The Bertz CT molecular complexity index is 218. The van der Waals surface area contributed by atoms with E-state index in [9.17, 15) is 0 Å². The first kappa shape index (κ1) is 8.96. The summed E-state index contributed by atoms with van der Waals surface area (Å²) in [5.74, 6) is 5.44. The van der Waals surface area contributed by atoms with Crippen LogP contribution >= 0.6 is 0 Å². The molecule has 0 aromatic carbocycles. The summed E-state index contributed by atoms with van der Waals surface area (Å²) in [6.07, 6.45) is 9.15. The van der Waals surface area contributed by atoms with Crippen LogP contribution in [0.5, 0.6) is 0 Å². The SMILES string of the molecule is C=CC(N)C1[C]2CC3CC(C2)CC1C3. The van der Waals surface area contributed by atoms with E-state index in [1.807, 2.05) is 6.08 Å². The zero-order chi connectivity index (χ0) is 9.71. The van der Waals surface area contributed by atoms with Crippen LogP contribution < -0.4 is 5.73 Å². The normalized spacial score (nSPS) is 48.1. The van der Waals surface area contributed by atoms with Crippen molar-refractivity contribution in [3.63, 3.8) is 0 Å². The lowest BCUT2D eigenvalue weighted by atomic mass is 9.50. The lowest BCUT2D eigenvalue weighted by Gasteiger charge is -2.55. The third-order valence-corrected chi connectivity index (χ3v) is 4.71. The molecule has 1 radical (unpaired) electrons. The number of nitrogens with two attached hydrogens (primary N) is 1. The van der Waals surface area contributed by atoms with Gasteiger partial charge in [-0.1, -0.05) is 6.08 Å². The average Bonchev–Trinajstić information content (AvgIpc) is 2.15. The maximum absolute atomic E-state index is 6.16. The molecule has 77 valence electrons. The molecule has 0 aromatic rings. The predicted octanol–water partition coefficient (Wildman–Crippen LogP) is 2.53. The fourth-order valence-electron chi connectivity index (χ4n) is 4.41. The summed E-state index contributed by atoms with van der Waals surface area (Å²) in [6.45, 7) is 3.85. The summed E-state index contributed by atoms with van der Waals surface area (Å²) in [4.78, 5) is 0. The van der Waals surface area contributed by atoms with Gasteiger partial charge in [0.25, 0.3) is 0 Å². The van der Waals surface area contributed by atoms with Crippen molar-refractivity contribution in [2.24, 2.45) is 29.4 Å². The third kappa shape index (κ3) is 1.18. The maximum Gasteiger partial charge on any atom is 0.0258 e. The van der Waals surface area contributed by atoms with Crippen molar-refractivity contribution in [1.82, 2.24) is 0 Å². The second-order valence-corrected chi connectivity index (χ2v) is 5.60. The van der Waals surface area contributed by atoms with Crippen LogP contribution in [0.15, 0.2) is 12.7 Å². The Morgan fingerprint density at radius 2 is 1.86 bits per heavy atom. The van der Waals surface area contributed by atoms with Crippen LogP contribution in [-0.2, 0) is 0 Å². The molecule has 0 heterocycles. The molecule has 0 saturated heterocycles. The van der Waals surface area contributed by atoms with Crippen molar-refractivity contribution < 1.29 is 0 Å². The van der Waals surface area contributed by atoms with Crippen LogP contribution in [-0.4, -0.2) is 6.04 Å². The molecule has 1 heteroatoms. The van der Waals surface area contributed by atoms with Crippen molar-refractivity contribution in [3.8, 4) is 0 Å². The molecule has 4 aliphatic carbocycles. The van der Waals surface area contributed by atoms with Gasteiger partial charge in [-0.15, -0.1) is 6.58 Å². The first-order valence-electron chi connectivity index (χ1n) is 6.00. The highest BCUT2D eigenvalue weighted by molar-refractivity contribution is 5.17. The Kier molecular flexibility index (Phi) is 1.98. The summed E-state index contributed by atoms with van der Waals surface area (Å²) < 4.78 is 0. The second-order valence-electron chi connectivity index (χ2n) is 5.60. The minimum atomic E-state index is 0.231. The molecule has 0 aliphatic heterocycles. The van der Waals surface area contributed by atoms with E-state index >= 15 is 0 Å². The van der Waals surface area contributed by atoms with Gasteiger partial charge in [0.2, 0.25) is 0 Å². The largest absolute Gasteiger partial charge is 0.324 e. The minimum Gasteiger partial charge on any atom is -0.324 e. The second kappa shape index (κ2) is 3.10. The fourth-order valence-corrected chi connectivity index (χ4v) is 4.41. The van der Waals surface area contributed by atoms with Gasteiger partial charge in [-0.3, -0.25) is 0 Å². The summed E-state index contributed by atoms with van der Waals surface area (Å²) in [5.41, 5.74) is 6.16. The topological polar surface area (TPSA) is 26.0 Å². The molecule has 0 spiro atoms. The molecule has 0 aromatic heterocycles. The van der Waals surface area contributed by atoms with Crippen molar-refractivity contribution in [1.29, 1.82) is 0 Å². The Morgan fingerprint density at radius 1 is 1.21 bits per heavy atom. The standard InChI is InChI=1S/C13H20N/c1-2-12(14)13-10-4-8-3-9(6-10)7-11(13)5-8/h2,8-10,12-13H,1,3-7,14H2. The van der Waals surface area contributed by atoms with Crippen LogP contribution in [0, 0.1) is 29.6 Å². The van der Waals surface area contributed by atoms with E-state index in [0.717, 1.165) is 17.8 Å². The predicted molar refractivity (Wildman–Crippen MR) is 58.5 cm³/mol. The number of hydrogen-bond acceptors (Lipinski definition) is 1. The monoisotopic (exact) mass is 190 g/mol. The average molecular weight is 190 g/mol. The fraction of sp³-hybridized carbons (Fsp3) is 0.769. The van der Waals surface area contributed by atoms with Crippen molar-refractivity contribution in [3.05, 3.63) is 18.6 Å². The Balaban J connectivity index is 1.84. The minimum absolute atomic E-state index is 0.231. The van der Waals surface area contributed by atoms with Gasteiger partial charge >= 0.3 is 0 Å². The summed E-state index contributed by atoms with van der Waals surface area (Å²) in [6, 6.07) is 0.231. The van der Waals surface area contributed by atoms with Gasteiger partial charge in [-0.05, 0) is 61.7 Å². The first-order chi connectivity index (χ1) is 6.78. The molecule has 0 amide bonds. The Hall–Kier alpha value is -0.300. The highest BCUT2D eigenvalue weighted by Gasteiger charge is 2.49. The lowest BCUT2D eigenvalue weighted by Crippen LogP contribution is -2.50. The van der Waals surface area contributed by atoms with E-state index in [4.69, 9.17) is 5.73 Å². The molecule has 14 heavy (non-hydrogen) atoms. The maximum atomic E-state index is 6.16. The van der Waals surface area contributed by atoms with Gasteiger partial charge in [-0.25, -0.2) is 0 Å². The van der Waals surface area contributed by atoms with Gasteiger partial charge in [0, 0.05) is 6.04 Å². The van der Waals surface area contributed by atoms with E-state index < -0.39 is 0 Å². The smallest absolute Gasteiger partial charge is 0.0258 e. The van der Waals surface area contributed by atoms with E-state index in [1.54, 1.807) is 5.92 Å². The number of hydrogen-bond donors (Lipinski definition) is 1. The van der Waals surface area contributed by atoms with Crippen LogP contribution in [0.3, 0.4) is 0 Å². The summed E-state index contributed by atoms with van der Waals surface area (Å²) >= 11 is 0. The van der Waals surface area contributed by atoms with Crippen LogP contribution in [0.2, 0.25) is 0 Å². The van der Waals surface area contributed by atoms with Crippen LogP contribution in [0.4, 0.5) is 0 Å². The highest BCUT2D eigenvalue weighted by atomic mass is 14.7. The first-order valence-corrected chi connectivity index (χ1v) is 6.00. The Morgan fingerprint density at radius 3 is 2.36 bits per heavy atom. The van der Waals surface area contributed by atoms with Crippen molar-refractivity contribution in [2.45, 2.75) is 38.1 Å². The van der Waals surface area contributed by atoms with Crippen LogP contribution in [0.25, 0.3) is 0 Å². The zero-order valence-corrected chi connectivity index (χ0v) is 8.78. The van der Waals surface area contributed by atoms with E-state index in [-0.39, 0.29) is 6.04 Å². The Labute approximate surface area is 86.8 Å². The molecule has 4 atom stereocenters. The molecule has 2 N–H and O–H groups in total. The highest BCUT2D eigenvalue weighted by Crippen LogP contribution is 2.58. The number of rotatable bonds is 2. The van der Waals surface area contributed by atoms with Gasteiger partial charge in [0.1, 0.15) is 0 Å². The molecule has 4 aliphatic rings. The molecule has 4 fully saturated rings. The molecule has 4 rings (SSSR count). The molecule has 4 bridgehead atoms. The van der Waals surface area contributed by atoms with Gasteiger partial charge in [-0.2, -0.15) is 0 Å². The van der Waals surface area contributed by atoms with Crippen LogP contribution in [0.1, 0.15) is 32.1 Å². The molecular formula is C13H20N. The quantitative estimate of drug-likeness (QED) is 0.665. The van der Waals surface area contributed by atoms with E-state index in [0.29, 0.717) is 5.92 Å². The van der Waals surface area contributed by atoms with Crippen molar-refractivity contribution in [2.75, 3.05) is 0 Å².